The summed E-state index contributed by atoms with van der Waals surface area (Å²) in [5.41, 5.74) is 2.60. The van der Waals surface area contributed by atoms with Crippen LogP contribution in [0, 0.1) is 11.3 Å². The minimum Gasteiger partial charge on any atom is -0.328 e. The van der Waals surface area contributed by atoms with Gasteiger partial charge in [-0.25, -0.2) is 0 Å². The Balaban J connectivity index is 2.15. The Morgan fingerprint density at radius 3 is 2.75 bits per heavy atom. The van der Waals surface area contributed by atoms with Gasteiger partial charge in [0, 0.05) is 12.6 Å². The Labute approximate surface area is 119 Å². The zero-order valence-corrected chi connectivity index (χ0v) is 11.7. The van der Waals surface area contributed by atoms with Gasteiger partial charge < -0.3 is 9.64 Å². The molecule has 102 valence electrons. The number of benzene rings is 1. The highest BCUT2D eigenvalue weighted by Crippen LogP contribution is 2.49. The summed E-state index contributed by atoms with van der Waals surface area (Å²) in [4.78, 5) is 4.25. The zero-order valence-electron chi connectivity index (χ0n) is 11.7. The molecule has 0 N–H and O–H groups in total. The van der Waals surface area contributed by atoms with Gasteiger partial charge in [-0.15, -0.1) is 6.58 Å². The van der Waals surface area contributed by atoms with Crippen molar-refractivity contribution in [1.82, 2.24) is 0 Å². The van der Waals surface area contributed by atoms with E-state index in [0.717, 1.165) is 17.1 Å². The number of allylic oxidation sites excluding steroid dienone is 1. The highest BCUT2D eigenvalue weighted by atomic mass is 16.6. The average Bonchev–Trinajstić information content (AvgIpc) is 2.84. The molecule has 4 nitrogen and oxygen atoms in total. The Hall–Kier alpha value is -2.25. The van der Waals surface area contributed by atoms with E-state index in [2.05, 4.69) is 34.6 Å². The molecule has 1 atom stereocenters. The number of hydrogen-bond donors (Lipinski definition) is 0. The molecule has 0 saturated carbocycles. The molecule has 20 heavy (non-hydrogen) atoms. The second-order valence-corrected chi connectivity index (χ2v) is 5.41. The van der Waals surface area contributed by atoms with Crippen LogP contribution >= 0.6 is 0 Å². The molecule has 4 heteroatoms. The second-order valence-electron chi connectivity index (χ2n) is 5.41. The number of nitriles is 1. The summed E-state index contributed by atoms with van der Waals surface area (Å²) in [6.45, 7) is 8.50. The number of rotatable bonds is 2. The lowest BCUT2D eigenvalue weighted by molar-refractivity contribution is -0.000650. The Kier molecular flexibility index (Phi) is 2.81. The van der Waals surface area contributed by atoms with Crippen LogP contribution in [0.25, 0.3) is 0 Å². The third-order valence-corrected chi connectivity index (χ3v) is 3.74. The summed E-state index contributed by atoms with van der Waals surface area (Å²) in [5.74, 6) is 0. The van der Waals surface area contributed by atoms with Crippen molar-refractivity contribution in [2.75, 3.05) is 16.3 Å². The highest BCUT2D eigenvalue weighted by Gasteiger charge is 2.50. The van der Waals surface area contributed by atoms with Crippen molar-refractivity contribution in [3.05, 3.63) is 48.7 Å². The van der Waals surface area contributed by atoms with Crippen LogP contribution in [0.4, 0.5) is 11.4 Å². The number of hydrogen-bond acceptors (Lipinski definition) is 4. The number of para-hydroxylation sites is 2. The number of nitrogens with zero attached hydrogens (tertiary/aromatic N) is 3. The smallest absolute Gasteiger partial charge is 0.215 e. The number of fused-ring (bicyclic) bond motifs is 3. The topological polar surface area (TPSA) is 39.5 Å². The molecule has 2 heterocycles. The van der Waals surface area contributed by atoms with Gasteiger partial charge in [0.25, 0.3) is 0 Å². The fourth-order valence-electron chi connectivity index (χ4n) is 2.90. The maximum Gasteiger partial charge on any atom is 0.215 e. The van der Waals surface area contributed by atoms with Gasteiger partial charge in [0.05, 0.1) is 23.1 Å². The normalized spacial score (nSPS) is 24.4. The predicted molar refractivity (Wildman–Crippen MR) is 79.1 cm³/mol. The van der Waals surface area contributed by atoms with Gasteiger partial charge in [0.2, 0.25) is 6.35 Å². The maximum atomic E-state index is 9.06. The molecule has 0 aliphatic carbocycles. The molecular formula is C16H17N3O. The first-order valence-corrected chi connectivity index (χ1v) is 6.64. The minimum atomic E-state index is -0.479. The van der Waals surface area contributed by atoms with E-state index >= 15 is 0 Å². The van der Waals surface area contributed by atoms with E-state index in [1.807, 2.05) is 32.1 Å². The molecule has 1 fully saturated rings. The van der Waals surface area contributed by atoms with Gasteiger partial charge >= 0.3 is 0 Å². The molecule has 1 unspecified atom stereocenters. The van der Waals surface area contributed by atoms with Gasteiger partial charge in [0.1, 0.15) is 5.60 Å². The number of anilines is 2. The van der Waals surface area contributed by atoms with Gasteiger partial charge in [-0.2, -0.15) is 5.26 Å². The van der Waals surface area contributed by atoms with E-state index < -0.39 is 5.60 Å². The van der Waals surface area contributed by atoms with Crippen molar-refractivity contribution < 1.29 is 4.74 Å². The van der Waals surface area contributed by atoms with Crippen LogP contribution in [0.5, 0.6) is 0 Å². The average molecular weight is 267 g/mol. The number of ether oxygens (including phenoxy) is 1. The van der Waals surface area contributed by atoms with Crippen LogP contribution in [0.3, 0.4) is 0 Å². The molecule has 2 aliphatic heterocycles. The molecule has 0 bridgehead atoms. The summed E-state index contributed by atoms with van der Waals surface area (Å²) in [7, 11) is 0. The van der Waals surface area contributed by atoms with E-state index in [1.54, 1.807) is 6.08 Å². The van der Waals surface area contributed by atoms with Crippen molar-refractivity contribution >= 4 is 11.4 Å². The van der Waals surface area contributed by atoms with Crippen molar-refractivity contribution in [2.24, 2.45) is 0 Å². The third-order valence-electron chi connectivity index (χ3n) is 3.74. The van der Waals surface area contributed by atoms with Gasteiger partial charge in [0.15, 0.2) is 0 Å². The minimum absolute atomic E-state index is 0.208. The first kappa shape index (κ1) is 12.8. The fraction of sp³-hybridized carbons (Fsp3) is 0.312. The summed E-state index contributed by atoms with van der Waals surface area (Å²) < 4.78 is 6.17. The van der Waals surface area contributed by atoms with Crippen molar-refractivity contribution in [3.63, 3.8) is 0 Å². The quantitative estimate of drug-likeness (QED) is 0.610. The van der Waals surface area contributed by atoms with E-state index in [-0.39, 0.29) is 6.35 Å². The van der Waals surface area contributed by atoms with Crippen LogP contribution in [-0.2, 0) is 4.74 Å². The maximum absolute atomic E-state index is 9.06. The molecule has 0 spiro atoms. The van der Waals surface area contributed by atoms with Crippen LogP contribution in [0.2, 0.25) is 0 Å². The van der Waals surface area contributed by atoms with Crippen molar-refractivity contribution in [2.45, 2.75) is 25.8 Å². The lowest BCUT2D eigenvalue weighted by Crippen LogP contribution is -2.39. The summed E-state index contributed by atoms with van der Waals surface area (Å²) in [5, 5.41) is 9.06. The summed E-state index contributed by atoms with van der Waals surface area (Å²) in [6, 6.07) is 10.3. The van der Waals surface area contributed by atoms with E-state index in [1.165, 1.54) is 0 Å². The van der Waals surface area contributed by atoms with Gasteiger partial charge in [-0.05, 0) is 26.0 Å². The fourth-order valence-corrected chi connectivity index (χ4v) is 2.90. The second kappa shape index (κ2) is 4.39. The first-order chi connectivity index (χ1) is 9.60. The molecule has 1 aromatic rings. The SMILES string of the molecule is C=CCN1c2ccccc2N2/C(=C\C#N)C(C)(C)OC12. The van der Waals surface area contributed by atoms with E-state index in [0.29, 0.717) is 6.54 Å². The Bertz CT molecular complexity index is 627. The monoisotopic (exact) mass is 267 g/mol. The first-order valence-electron chi connectivity index (χ1n) is 6.64. The van der Waals surface area contributed by atoms with Crippen LogP contribution in [0.15, 0.2) is 48.7 Å². The van der Waals surface area contributed by atoms with E-state index in [4.69, 9.17) is 10.00 Å². The lowest BCUT2D eigenvalue weighted by atomic mass is 10.0. The molecule has 3 rings (SSSR count). The Morgan fingerprint density at radius 2 is 2.10 bits per heavy atom. The molecule has 0 radical (unpaired) electrons. The third kappa shape index (κ3) is 1.64. The Morgan fingerprint density at radius 1 is 1.40 bits per heavy atom. The van der Waals surface area contributed by atoms with Crippen molar-refractivity contribution in [3.8, 4) is 6.07 Å². The predicted octanol–water partition coefficient (Wildman–Crippen LogP) is 3.00. The highest BCUT2D eigenvalue weighted by molar-refractivity contribution is 5.81. The van der Waals surface area contributed by atoms with Crippen LogP contribution in [-0.4, -0.2) is 18.5 Å². The van der Waals surface area contributed by atoms with Crippen LogP contribution < -0.4 is 9.80 Å². The lowest BCUT2D eigenvalue weighted by Gasteiger charge is -2.26. The standard InChI is InChI=1S/C16H17N3O/c1-4-11-18-12-7-5-6-8-13(12)19-14(9-10-17)16(2,3)20-15(18)19/h4-9,15H,1,11H2,2-3H3/b14-9-. The molecule has 1 aromatic carbocycles. The molecule has 0 aromatic heterocycles. The van der Waals surface area contributed by atoms with Gasteiger partial charge in [-0.1, -0.05) is 18.2 Å². The zero-order chi connectivity index (χ0) is 14.3. The van der Waals surface area contributed by atoms with Crippen LogP contribution in [0.1, 0.15) is 13.8 Å². The van der Waals surface area contributed by atoms with Gasteiger partial charge in [-0.3, -0.25) is 4.90 Å². The molecule has 2 aliphatic rings. The van der Waals surface area contributed by atoms with Crippen molar-refractivity contribution in [1.29, 1.82) is 5.26 Å². The molecule has 1 saturated heterocycles. The largest absolute Gasteiger partial charge is 0.328 e. The molecular weight excluding hydrogens is 250 g/mol. The summed E-state index contributed by atoms with van der Waals surface area (Å²) >= 11 is 0. The van der Waals surface area contributed by atoms with E-state index in [9.17, 15) is 0 Å². The molecule has 0 amide bonds. The summed E-state index contributed by atoms with van der Waals surface area (Å²) in [6.07, 6.45) is 3.23.